The zero-order chi connectivity index (χ0) is 19.4. The second-order valence-corrected chi connectivity index (χ2v) is 7.19. The van der Waals surface area contributed by atoms with Gasteiger partial charge in [-0.05, 0) is 23.8 Å². The van der Waals surface area contributed by atoms with Gasteiger partial charge in [-0.3, -0.25) is 0 Å². The van der Waals surface area contributed by atoms with E-state index in [0.29, 0.717) is 17.9 Å². The average Bonchev–Trinajstić information content (AvgIpc) is 3.35. The minimum atomic E-state index is 0.232. The summed E-state index contributed by atoms with van der Waals surface area (Å²) in [4.78, 5) is 4.91. The Hall–Kier alpha value is -4.04. The van der Waals surface area contributed by atoms with Crippen LogP contribution in [0.3, 0.4) is 0 Å². The Morgan fingerprint density at radius 2 is 1.79 bits per heavy atom. The molecule has 6 rings (SSSR count). The molecule has 0 fully saturated rings. The van der Waals surface area contributed by atoms with Gasteiger partial charge in [0.1, 0.15) is 6.07 Å². The molecule has 138 valence electrons. The summed E-state index contributed by atoms with van der Waals surface area (Å²) in [5.41, 5.74) is 4.49. The zero-order valence-corrected chi connectivity index (χ0v) is 15.4. The van der Waals surface area contributed by atoms with Crippen LogP contribution >= 0.6 is 0 Å². The molecular weight excluding hydrogens is 362 g/mol. The molecule has 0 bridgehead atoms. The van der Waals surface area contributed by atoms with Gasteiger partial charge in [-0.1, -0.05) is 36.4 Å². The van der Waals surface area contributed by atoms with E-state index < -0.39 is 0 Å². The summed E-state index contributed by atoms with van der Waals surface area (Å²) in [6.07, 6.45) is 1.92. The van der Waals surface area contributed by atoms with Crippen molar-refractivity contribution >= 4 is 32.7 Å². The van der Waals surface area contributed by atoms with Crippen molar-refractivity contribution in [1.82, 2.24) is 9.55 Å². The molecule has 1 aliphatic heterocycles. The normalized spacial score (nSPS) is 12.7. The third-order valence-electron chi connectivity index (χ3n) is 5.43. The predicted molar refractivity (Wildman–Crippen MR) is 111 cm³/mol. The van der Waals surface area contributed by atoms with Crippen molar-refractivity contribution in [2.75, 3.05) is 6.79 Å². The van der Waals surface area contributed by atoms with Gasteiger partial charge in [0, 0.05) is 35.0 Å². The first-order chi connectivity index (χ1) is 14.3. The van der Waals surface area contributed by atoms with Crippen LogP contribution in [0, 0.1) is 11.3 Å². The molecule has 0 spiro atoms. The maximum Gasteiger partial charge on any atom is 0.231 e. The highest BCUT2D eigenvalue weighted by Gasteiger charge is 2.17. The van der Waals surface area contributed by atoms with Crippen molar-refractivity contribution in [2.24, 2.45) is 0 Å². The lowest BCUT2D eigenvalue weighted by Crippen LogP contribution is -1.97. The summed E-state index contributed by atoms with van der Waals surface area (Å²) >= 11 is 0. The smallest absolute Gasteiger partial charge is 0.231 e. The number of hydrogen-bond acceptors (Lipinski definition) is 4. The molecule has 0 atom stereocenters. The fourth-order valence-electron chi connectivity index (χ4n) is 4.07. The molecule has 5 heteroatoms. The predicted octanol–water partition coefficient (Wildman–Crippen LogP) is 4.99. The monoisotopic (exact) mass is 377 g/mol. The number of aromatic nitrogens is 2. The summed E-state index contributed by atoms with van der Waals surface area (Å²) in [7, 11) is 0. The van der Waals surface area contributed by atoms with E-state index >= 15 is 0 Å². The summed E-state index contributed by atoms with van der Waals surface area (Å²) in [6, 6.07) is 22.7. The van der Waals surface area contributed by atoms with Crippen LogP contribution in [0.1, 0.15) is 11.1 Å². The van der Waals surface area contributed by atoms with Gasteiger partial charge < -0.3 is 14.0 Å². The van der Waals surface area contributed by atoms with E-state index in [1.54, 1.807) is 0 Å². The van der Waals surface area contributed by atoms with E-state index in [-0.39, 0.29) is 6.79 Å². The van der Waals surface area contributed by atoms with Crippen molar-refractivity contribution in [2.45, 2.75) is 6.54 Å². The van der Waals surface area contributed by atoms with Crippen molar-refractivity contribution in [1.29, 1.82) is 5.26 Å². The minimum absolute atomic E-state index is 0.232. The van der Waals surface area contributed by atoms with Crippen molar-refractivity contribution < 1.29 is 9.47 Å². The molecule has 0 N–H and O–H groups in total. The van der Waals surface area contributed by atoms with Gasteiger partial charge >= 0.3 is 0 Å². The van der Waals surface area contributed by atoms with Crippen LogP contribution in [0.2, 0.25) is 0 Å². The van der Waals surface area contributed by atoms with Crippen LogP contribution in [-0.2, 0) is 6.54 Å². The van der Waals surface area contributed by atoms with Crippen LogP contribution in [0.4, 0.5) is 0 Å². The second kappa shape index (κ2) is 5.98. The largest absolute Gasteiger partial charge is 0.454 e. The quantitative estimate of drug-likeness (QED) is 0.407. The number of benzene rings is 3. The van der Waals surface area contributed by atoms with Crippen molar-refractivity contribution in [3.63, 3.8) is 0 Å². The van der Waals surface area contributed by atoms with Crippen LogP contribution in [0.25, 0.3) is 32.7 Å². The topological polar surface area (TPSA) is 60.1 Å². The molecule has 5 aromatic rings. The number of pyridine rings is 1. The minimum Gasteiger partial charge on any atom is -0.454 e. The fraction of sp³-hybridized carbons (Fsp3) is 0.0833. The van der Waals surface area contributed by atoms with Crippen LogP contribution < -0.4 is 9.47 Å². The maximum atomic E-state index is 9.79. The van der Waals surface area contributed by atoms with Crippen molar-refractivity contribution in [3.05, 3.63) is 78.0 Å². The standard InChI is InChI=1S/C24H15N3O2/c25-11-18-13-27(12-15-4-2-1-3-5-15)20-7-6-16-8-17-9-21-22(29-14-28-21)10-19(17)26-24(16)23(18)20/h1-10,13H,12,14H2. The number of rotatable bonds is 2. The Morgan fingerprint density at radius 3 is 2.62 bits per heavy atom. The number of nitriles is 1. The molecule has 0 saturated heterocycles. The molecule has 0 saturated carbocycles. The highest BCUT2D eigenvalue weighted by atomic mass is 16.7. The lowest BCUT2D eigenvalue weighted by atomic mass is 10.1. The lowest BCUT2D eigenvalue weighted by molar-refractivity contribution is 0.174. The molecule has 3 aromatic carbocycles. The summed E-state index contributed by atoms with van der Waals surface area (Å²) in [5, 5.41) is 12.7. The van der Waals surface area contributed by atoms with Gasteiger partial charge in [-0.15, -0.1) is 0 Å². The summed E-state index contributed by atoms with van der Waals surface area (Å²) in [5.74, 6) is 1.45. The van der Waals surface area contributed by atoms with Gasteiger partial charge in [0.2, 0.25) is 6.79 Å². The Labute approximate surface area is 166 Å². The Balaban J connectivity index is 1.61. The van der Waals surface area contributed by atoms with Gasteiger partial charge in [0.05, 0.1) is 22.1 Å². The fourth-order valence-corrected chi connectivity index (χ4v) is 4.07. The van der Waals surface area contributed by atoms with E-state index in [0.717, 1.165) is 38.5 Å². The Kier molecular flexibility index (Phi) is 3.29. The zero-order valence-electron chi connectivity index (χ0n) is 15.4. The molecule has 0 unspecified atom stereocenters. The van der Waals surface area contributed by atoms with Crippen LogP contribution in [0.5, 0.6) is 11.5 Å². The molecule has 1 aliphatic rings. The third kappa shape index (κ3) is 2.43. The first kappa shape index (κ1) is 16.0. The van der Waals surface area contributed by atoms with Crippen LogP contribution in [-0.4, -0.2) is 16.3 Å². The number of ether oxygens (including phenoxy) is 2. The van der Waals surface area contributed by atoms with Crippen LogP contribution in [0.15, 0.2) is 66.9 Å². The molecule has 5 nitrogen and oxygen atoms in total. The number of hydrogen-bond donors (Lipinski definition) is 0. The molecule has 0 aliphatic carbocycles. The molecule has 29 heavy (non-hydrogen) atoms. The van der Waals surface area contributed by atoms with Gasteiger partial charge in [0.25, 0.3) is 0 Å². The van der Waals surface area contributed by atoms with E-state index in [1.807, 2.05) is 36.5 Å². The second-order valence-electron chi connectivity index (χ2n) is 7.19. The number of fused-ring (bicyclic) bond motifs is 5. The highest BCUT2D eigenvalue weighted by Crippen LogP contribution is 2.38. The molecule has 0 radical (unpaired) electrons. The van der Waals surface area contributed by atoms with Gasteiger partial charge in [-0.25, -0.2) is 4.98 Å². The average molecular weight is 377 g/mol. The summed E-state index contributed by atoms with van der Waals surface area (Å²) < 4.78 is 13.1. The first-order valence-corrected chi connectivity index (χ1v) is 9.40. The SMILES string of the molecule is N#Cc1cn(Cc2ccccc2)c2ccc3cc4cc5c(cc4nc3c12)OCO5. The molecular formula is C24H15N3O2. The van der Waals surface area contributed by atoms with E-state index in [2.05, 4.69) is 41.0 Å². The van der Waals surface area contributed by atoms with E-state index in [1.165, 1.54) is 5.56 Å². The lowest BCUT2D eigenvalue weighted by Gasteiger charge is -2.08. The summed E-state index contributed by atoms with van der Waals surface area (Å²) in [6.45, 7) is 0.938. The molecule has 0 amide bonds. The van der Waals surface area contributed by atoms with E-state index in [4.69, 9.17) is 14.5 Å². The van der Waals surface area contributed by atoms with Crippen molar-refractivity contribution in [3.8, 4) is 17.6 Å². The molecule has 3 heterocycles. The van der Waals surface area contributed by atoms with E-state index in [9.17, 15) is 5.26 Å². The maximum absolute atomic E-state index is 9.79. The van der Waals surface area contributed by atoms with Gasteiger partial charge in [0.15, 0.2) is 11.5 Å². The first-order valence-electron chi connectivity index (χ1n) is 9.40. The Morgan fingerprint density at radius 1 is 0.966 bits per heavy atom. The third-order valence-corrected chi connectivity index (χ3v) is 5.43. The highest BCUT2D eigenvalue weighted by molar-refractivity contribution is 6.10. The molecule has 2 aromatic heterocycles. The Bertz CT molecular complexity index is 1460. The number of nitrogens with zero attached hydrogens (tertiary/aromatic N) is 3. The van der Waals surface area contributed by atoms with Gasteiger partial charge in [-0.2, -0.15) is 5.26 Å².